The van der Waals surface area contributed by atoms with Gasteiger partial charge in [0.15, 0.2) is 0 Å². The summed E-state index contributed by atoms with van der Waals surface area (Å²) < 4.78 is 0. The third-order valence-corrected chi connectivity index (χ3v) is 2.95. The Hall–Kier alpha value is 0.230. The van der Waals surface area contributed by atoms with Gasteiger partial charge in [-0.2, -0.15) is 11.8 Å². The highest BCUT2D eigenvalue weighted by Gasteiger charge is 2.11. The highest BCUT2D eigenvalue weighted by atomic mass is 32.2. The first-order valence-electron chi connectivity index (χ1n) is 5.47. The van der Waals surface area contributed by atoms with E-state index in [4.69, 9.17) is 0 Å². The number of hydrogen-bond donors (Lipinski definition) is 2. The second-order valence-electron chi connectivity index (χ2n) is 5.16. The lowest BCUT2D eigenvalue weighted by atomic mass is 10.1. The van der Waals surface area contributed by atoms with E-state index in [0.29, 0.717) is 6.54 Å². The lowest BCUT2D eigenvalue weighted by molar-refractivity contribution is 0.183. The summed E-state index contributed by atoms with van der Waals surface area (Å²) in [7, 11) is 4.14. The fourth-order valence-corrected chi connectivity index (χ4v) is 2.00. The lowest BCUT2D eigenvalue weighted by Gasteiger charge is -2.22. The fourth-order valence-electron chi connectivity index (χ4n) is 0.949. The van der Waals surface area contributed by atoms with E-state index in [1.807, 2.05) is 11.8 Å². The molecule has 0 rings (SSSR count). The van der Waals surface area contributed by atoms with Gasteiger partial charge in [-0.05, 0) is 34.9 Å². The number of aliphatic hydroxyl groups excluding tert-OH is 1. The zero-order valence-corrected chi connectivity index (χ0v) is 11.5. The monoisotopic (exact) mass is 234 g/mol. The molecule has 0 aliphatic heterocycles. The predicted octanol–water partition coefficient (Wildman–Crippen LogP) is 1.03. The molecule has 0 aliphatic rings. The lowest BCUT2D eigenvalue weighted by Crippen LogP contribution is -2.41. The van der Waals surface area contributed by atoms with Gasteiger partial charge in [-0.1, -0.05) is 0 Å². The highest BCUT2D eigenvalue weighted by Crippen LogP contribution is 2.04. The van der Waals surface area contributed by atoms with Crippen LogP contribution in [-0.2, 0) is 0 Å². The molecule has 0 aliphatic carbocycles. The van der Waals surface area contributed by atoms with E-state index in [9.17, 15) is 5.11 Å². The van der Waals surface area contributed by atoms with Crippen molar-refractivity contribution in [3.8, 4) is 0 Å². The second kappa shape index (κ2) is 7.49. The number of nitrogens with one attached hydrogen (secondary N) is 1. The Morgan fingerprint density at radius 2 is 1.93 bits per heavy atom. The molecule has 1 atom stereocenters. The van der Waals surface area contributed by atoms with E-state index in [2.05, 4.69) is 45.1 Å². The largest absolute Gasteiger partial charge is 0.391 e. The van der Waals surface area contributed by atoms with Crippen LogP contribution < -0.4 is 5.32 Å². The van der Waals surface area contributed by atoms with E-state index >= 15 is 0 Å². The van der Waals surface area contributed by atoms with Crippen LogP contribution in [0.15, 0.2) is 0 Å². The fraction of sp³-hybridized carbons (Fsp3) is 1.00. The number of aliphatic hydroxyl groups is 1. The highest BCUT2D eigenvalue weighted by molar-refractivity contribution is 7.99. The van der Waals surface area contributed by atoms with Gasteiger partial charge in [0.25, 0.3) is 0 Å². The average Bonchev–Trinajstić information content (AvgIpc) is 2.07. The molecule has 0 radical (unpaired) electrons. The van der Waals surface area contributed by atoms with Gasteiger partial charge in [-0.3, -0.25) is 0 Å². The second-order valence-corrected chi connectivity index (χ2v) is 6.31. The van der Waals surface area contributed by atoms with Crippen molar-refractivity contribution in [1.82, 2.24) is 10.2 Å². The summed E-state index contributed by atoms with van der Waals surface area (Å²) in [4.78, 5) is 2.16. The van der Waals surface area contributed by atoms with Crippen LogP contribution in [0.1, 0.15) is 20.8 Å². The Morgan fingerprint density at radius 1 is 1.33 bits per heavy atom. The van der Waals surface area contributed by atoms with Crippen molar-refractivity contribution in [2.75, 3.05) is 38.7 Å². The summed E-state index contributed by atoms with van der Waals surface area (Å²) in [5.74, 6) is 1.90. The van der Waals surface area contributed by atoms with Crippen molar-refractivity contribution in [2.45, 2.75) is 32.4 Å². The maximum atomic E-state index is 9.68. The first-order chi connectivity index (χ1) is 6.81. The molecule has 4 heteroatoms. The standard InChI is InChI=1S/C11H26N2OS/c1-11(2,3)12-8-10(14)9-15-7-6-13(4)5/h10,12,14H,6-9H2,1-5H3. The minimum Gasteiger partial charge on any atom is -0.391 e. The van der Waals surface area contributed by atoms with Gasteiger partial charge >= 0.3 is 0 Å². The molecule has 0 amide bonds. The van der Waals surface area contributed by atoms with Crippen LogP contribution in [0, 0.1) is 0 Å². The van der Waals surface area contributed by atoms with Crippen LogP contribution in [-0.4, -0.2) is 60.3 Å². The summed E-state index contributed by atoms with van der Waals surface area (Å²) in [5.41, 5.74) is 0.0925. The maximum absolute atomic E-state index is 9.68. The molecule has 0 spiro atoms. The third kappa shape index (κ3) is 12.2. The van der Waals surface area contributed by atoms with Crippen molar-refractivity contribution in [1.29, 1.82) is 0 Å². The first kappa shape index (κ1) is 15.2. The first-order valence-corrected chi connectivity index (χ1v) is 6.62. The van der Waals surface area contributed by atoms with Crippen LogP contribution in [0.5, 0.6) is 0 Å². The van der Waals surface area contributed by atoms with Gasteiger partial charge < -0.3 is 15.3 Å². The Bertz CT molecular complexity index is 157. The van der Waals surface area contributed by atoms with Gasteiger partial charge in [-0.25, -0.2) is 0 Å². The molecular formula is C11H26N2OS. The smallest absolute Gasteiger partial charge is 0.0755 e. The predicted molar refractivity (Wildman–Crippen MR) is 69.6 cm³/mol. The van der Waals surface area contributed by atoms with Gasteiger partial charge in [0.2, 0.25) is 0 Å². The maximum Gasteiger partial charge on any atom is 0.0755 e. The number of hydrogen-bond acceptors (Lipinski definition) is 4. The van der Waals surface area contributed by atoms with Crippen LogP contribution >= 0.6 is 11.8 Å². The average molecular weight is 234 g/mol. The topological polar surface area (TPSA) is 35.5 Å². The van der Waals surface area contributed by atoms with Crippen LogP contribution in [0.2, 0.25) is 0 Å². The molecule has 0 fully saturated rings. The van der Waals surface area contributed by atoms with Gasteiger partial charge in [0, 0.05) is 30.1 Å². The Kier molecular flexibility index (Phi) is 7.61. The number of rotatable bonds is 7. The molecule has 0 saturated carbocycles. The quantitative estimate of drug-likeness (QED) is 0.645. The van der Waals surface area contributed by atoms with Crippen LogP contribution in [0.25, 0.3) is 0 Å². The van der Waals surface area contributed by atoms with Crippen molar-refractivity contribution in [3.05, 3.63) is 0 Å². The molecule has 0 aromatic carbocycles. The minimum absolute atomic E-state index is 0.0925. The third-order valence-electron chi connectivity index (χ3n) is 1.86. The molecule has 2 N–H and O–H groups in total. The zero-order chi connectivity index (χ0) is 11.9. The van der Waals surface area contributed by atoms with Crippen molar-refractivity contribution < 1.29 is 5.11 Å². The van der Waals surface area contributed by atoms with Gasteiger partial charge in [0.1, 0.15) is 0 Å². The minimum atomic E-state index is -0.239. The number of nitrogens with zero attached hydrogens (tertiary/aromatic N) is 1. The van der Waals surface area contributed by atoms with E-state index in [0.717, 1.165) is 18.1 Å². The van der Waals surface area contributed by atoms with Crippen molar-refractivity contribution >= 4 is 11.8 Å². The summed E-state index contributed by atoms with van der Waals surface area (Å²) in [6.07, 6.45) is -0.239. The molecule has 15 heavy (non-hydrogen) atoms. The van der Waals surface area contributed by atoms with Gasteiger partial charge in [-0.15, -0.1) is 0 Å². The molecule has 1 unspecified atom stereocenters. The SMILES string of the molecule is CN(C)CCSCC(O)CNC(C)(C)C. The Balaban J connectivity index is 3.38. The molecule has 92 valence electrons. The van der Waals surface area contributed by atoms with Crippen LogP contribution in [0.3, 0.4) is 0 Å². The summed E-state index contributed by atoms with van der Waals surface area (Å²) in [6, 6.07) is 0. The van der Waals surface area contributed by atoms with Crippen molar-refractivity contribution in [3.63, 3.8) is 0 Å². The number of β-amino-alcohol motifs (C(OH)–C–C–N with tert-alkyl or cyclic N) is 1. The number of thioether (sulfide) groups is 1. The summed E-state index contributed by atoms with van der Waals surface area (Å²) in [6.45, 7) is 8.08. The Morgan fingerprint density at radius 3 is 2.40 bits per heavy atom. The molecule has 0 bridgehead atoms. The van der Waals surface area contributed by atoms with Crippen molar-refractivity contribution in [2.24, 2.45) is 0 Å². The van der Waals surface area contributed by atoms with E-state index in [-0.39, 0.29) is 11.6 Å². The molecule has 0 aromatic heterocycles. The van der Waals surface area contributed by atoms with E-state index in [1.54, 1.807) is 0 Å². The molecule has 0 saturated heterocycles. The van der Waals surface area contributed by atoms with Gasteiger partial charge in [0.05, 0.1) is 6.10 Å². The molecular weight excluding hydrogens is 208 g/mol. The Labute approximate surface area is 98.6 Å². The van der Waals surface area contributed by atoms with E-state index < -0.39 is 0 Å². The molecule has 0 heterocycles. The molecule has 3 nitrogen and oxygen atoms in total. The summed E-state index contributed by atoms with van der Waals surface area (Å²) >= 11 is 1.81. The normalized spacial score (nSPS) is 14.6. The van der Waals surface area contributed by atoms with E-state index in [1.165, 1.54) is 0 Å². The van der Waals surface area contributed by atoms with Crippen LogP contribution in [0.4, 0.5) is 0 Å². The zero-order valence-electron chi connectivity index (χ0n) is 10.7. The summed E-state index contributed by atoms with van der Waals surface area (Å²) in [5, 5.41) is 13.0. The molecule has 0 aromatic rings.